The van der Waals surface area contributed by atoms with Crippen molar-refractivity contribution in [3.05, 3.63) is 54.8 Å². The zero-order chi connectivity index (χ0) is 14.9. The van der Waals surface area contributed by atoms with Crippen molar-refractivity contribution in [1.82, 2.24) is 4.98 Å². The van der Waals surface area contributed by atoms with Crippen LogP contribution in [-0.2, 0) is 10.0 Å². The topological polar surface area (TPSA) is 79.0 Å². The number of sulfonamides is 1. The van der Waals surface area contributed by atoms with Crippen LogP contribution in [0.1, 0.15) is 0 Å². The van der Waals surface area contributed by atoms with Crippen molar-refractivity contribution in [3.63, 3.8) is 0 Å². The number of pyridine rings is 1. The first-order chi connectivity index (χ1) is 9.29. The van der Waals surface area contributed by atoms with Crippen LogP contribution in [0.4, 0.5) is 5.69 Å². The maximum absolute atomic E-state index is 12.2. The van der Waals surface area contributed by atoms with Crippen molar-refractivity contribution in [1.29, 1.82) is 0 Å². The van der Waals surface area contributed by atoms with Gasteiger partial charge in [0.15, 0.2) is 0 Å². The average Bonchev–Trinajstić information content (AvgIpc) is 2.36. The summed E-state index contributed by atoms with van der Waals surface area (Å²) < 4.78 is 28.1. The molecule has 0 spiro atoms. The van der Waals surface area contributed by atoms with Gasteiger partial charge in [-0.15, -0.1) is 0 Å². The highest BCUT2D eigenvalue weighted by Gasteiger charge is 2.17. The third-order valence-corrected chi connectivity index (χ3v) is 5.09. The van der Waals surface area contributed by atoms with Crippen LogP contribution in [0.3, 0.4) is 0 Å². The standard InChI is InChI=1S/C11H7Br2ClN2O3S/c12-6-1-2-10(8(13)3-6)16-20(18,19)7-4-9(14)11(17)15-5-7/h1-5,16H,(H,15,17). The number of anilines is 1. The number of aromatic amines is 1. The fourth-order valence-corrected chi connectivity index (χ4v) is 3.96. The Bertz CT molecular complexity index is 821. The van der Waals surface area contributed by atoms with E-state index in [0.717, 1.165) is 16.7 Å². The van der Waals surface area contributed by atoms with Crippen molar-refractivity contribution in [2.24, 2.45) is 0 Å². The van der Waals surface area contributed by atoms with Gasteiger partial charge in [0.25, 0.3) is 15.6 Å². The van der Waals surface area contributed by atoms with Crippen molar-refractivity contribution in [2.45, 2.75) is 4.90 Å². The molecule has 2 rings (SSSR count). The number of hydrogen-bond acceptors (Lipinski definition) is 3. The molecule has 20 heavy (non-hydrogen) atoms. The highest BCUT2D eigenvalue weighted by Crippen LogP contribution is 2.28. The summed E-state index contributed by atoms with van der Waals surface area (Å²) in [6.45, 7) is 0. The van der Waals surface area contributed by atoms with Crippen LogP contribution in [0.5, 0.6) is 0 Å². The normalized spacial score (nSPS) is 11.3. The van der Waals surface area contributed by atoms with Gasteiger partial charge in [-0.05, 0) is 40.2 Å². The van der Waals surface area contributed by atoms with Crippen LogP contribution in [0.25, 0.3) is 0 Å². The summed E-state index contributed by atoms with van der Waals surface area (Å²) >= 11 is 12.2. The molecule has 0 radical (unpaired) electrons. The molecule has 5 nitrogen and oxygen atoms in total. The lowest BCUT2D eigenvalue weighted by Gasteiger charge is -2.10. The summed E-state index contributed by atoms with van der Waals surface area (Å²) in [4.78, 5) is 13.3. The van der Waals surface area contributed by atoms with E-state index in [-0.39, 0.29) is 9.92 Å². The predicted octanol–water partition coefficient (Wildman–Crippen LogP) is 3.35. The molecule has 0 fully saturated rings. The summed E-state index contributed by atoms with van der Waals surface area (Å²) in [6.07, 6.45) is 1.09. The first-order valence-corrected chi connectivity index (χ1v) is 8.60. The van der Waals surface area contributed by atoms with Gasteiger partial charge in [-0.25, -0.2) is 8.42 Å². The molecule has 0 amide bonds. The van der Waals surface area contributed by atoms with E-state index in [1.165, 1.54) is 0 Å². The average molecular weight is 443 g/mol. The molecule has 0 bridgehead atoms. The monoisotopic (exact) mass is 440 g/mol. The van der Waals surface area contributed by atoms with Gasteiger partial charge in [0.05, 0.1) is 5.69 Å². The zero-order valence-corrected chi connectivity index (χ0v) is 14.4. The van der Waals surface area contributed by atoms with Crippen LogP contribution in [0.15, 0.2) is 49.1 Å². The van der Waals surface area contributed by atoms with Gasteiger partial charge in [-0.1, -0.05) is 27.5 Å². The summed E-state index contributed by atoms with van der Waals surface area (Å²) in [5.74, 6) is 0. The fourth-order valence-electron chi connectivity index (χ4n) is 1.37. The van der Waals surface area contributed by atoms with E-state index in [9.17, 15) is 13.2 Å². The Hall–Kier alpha value is -0.830. The van der Waals surface area contributed by atoms with Crippen molar-refractivity contribution in [2.75, 3.05) is 4.72 Å². The Balaban J connectivity index is 2.40. The lowest BCUT2D eigenvalue weighted by Crippen LogP contribution is -2.16. The molecule has 2 N–H and O–H groups in total. The highest BCUT2D eigenvalue weighted by molar-refractivity contribution is 9.11. The maximum atomic E-state index is 12.2. The quantitative estimate of drug-likeness (QED) is 0.765. The predicted molar refractivity (Wildman–Crippen MR) is 84.7 cm³/mol. The third kappa shape index (κ3) is 3.43. The number of hydrogen-bond donors (Lipinski definition) is 2. The molecule has 0 aliphatic rings. The Morgan fingerprint density at radius 2 is 1.90 bits per heavy atom. The van der Waals surface area contributed by atoms with Gasteiger partial charge in [-0.3, -0.25) is 9.52 Å². The number of rotatable bonds is 3. The smallest absolute Gasteiger partial charge is 0.266 e. The molecule has 1 aromatic carbocycles. The van der Waals surface area contributed by atoms with Gasteiger partial charge in [0, 0.05) is 15.1 Å². The molecule has 0 saturated heterocycles. The minimum absolute atomic E-state index is 0.128. The summed E-state index contributed by atoms with van der Waals surface area (Å²) in [5.41, 5.74) is -0.175. The molecule has 0 aliphatic carbocycles. The van der Waals surface area contributed by atoms with Crippen LogP contribution < -0.4 is 10.3 Å². The molecule has 1 heterocycles. The first-order valence-electron chi connectivity index (χ1n) is 5.16. The highest BCUT2D eigenvalue weighted by atomic mass is 79.9. The van der Waals surface area contributed by atoms with E-state index < -0.39 is 15.6 Å². The van der Waals surface area contributed by atoms with Gasteiger partial charge in [-0.2, -0.15) is 0 Å². The Kier molecular flexibility index (Phi) is 4.58. The second-order valence-electron chi connectivity index (χ2n) is 3.74. The van der Waals surface area contributed by atoms with Gasteiger partial charge in [0.2, 0.25) is 0 Å². The Morgan fingerprint density at radius 1 is 1.20 bits per heavy atom. The van der Waals surface area contributed by atoms with E-state index in [4.69, 9.17) is 11.6 Å². The van der Waals surface area contributed by atoms with Crippen LogP contribution in [0.2, 0.25) is 5.02 Å². The SMILES string of the molecule is O=c1[nH]cc(S(=O)(=O)Nc2ccc(Br)cc2Br)cc1Cl. The molecule has 0 aliphatic heterocycles. The minimum Gasteiger partial charge on any atom is -0.326 e. The fraction of sp³-hybridized carbons (Fsp3) is 0. The van der Waals surface area contributed by atoms with Gasteiger partial charge >= 0.3 is 0 Å². The number of nitrogens with one attached hydrogen (secondary N) is 2. The Labute approximate surface area is 136 Å². The maximum Gasteiger partial charge on any atom is 0.266 e. The van der Waals surface area contributed by atoms with Crippen molar-refractivity contribution < 1.29 is 8.42 Å². The second kappa shape index (κ2) is 5.88. The van der Waals surface area contributed by atoms with Crippen molar-refractivity contribution in [3.8, 4) is 0 Å². The van der Waals surface area contributed by atoms with E-state index >= 15 is 0 Å². The summed E-state index contributed by atoms with van der Waals surface area (Å²) in [7, 11) is -3.84. The minimum atomic E-state index is -3.84. The van der Waals surface area contributed by atoms with E-state index in [1.54, 1.807) is 18.2 Å². The first kappa shape index (κ1) is 15.6. The Morgan fingerprint density at radius 3 is 2.50 bits per heavy atom. The van der Waals surface area contributed by atoms with Crippen LogP contribution in [-0.4, -0.2) is 13.4 Å². The summed E-state index contributed by atoms with van der Waals surface area (Å²) in [5, 5.41) is -0.192. The molecule has 0 unspecified atom stereocenters. The molecule has 2 aromatic rings. The largest absolute Gasteiger partial charge is 0.326 e. The molecule has 0 saturated carbocycles. The zero-order valence-electron chi connectivity index (χ0n) is 9.65. The molecule has 0 atom stereocenters. The van der Waals surface area contributed by atoms with E-state index in [1.807, 2.05) is 0 Å². The van der Waals surface area contributed by atoms with Gasteiger partial charge < -0.3 is 4.98 Å². The molecular formula is C11H7Br2ClN2O3S. The van der Waals surface area contributed by atoms with Gasteiger partial charge in [0.1, 0.15) is 9.92 Å². The summed E-state index contributed by atoms with van der Waals surface area (Å²) in [6, 6.07) is 6.09. The lowest BCUT2D eigenvalue weighted by molar-refractivity contribution is 0.600. The molecular weight excluding hydrogens is 435 g/mol. The lowest BCUT2D eigenvalue weighted by atomic mass is 10.3. The number of H-pyrrole nitrogens is 1. The number of benzene rings is 1. The molecule has 106 valence electrons. The number of aromatic nitrogens is 1. The number of halogens is 3. The van der Waals surface area contributed by atoms with Crippen molar-refractivity contribution >= 4 is 59.2 Å². The molecule has 9 heteroatoms. The van der Waals surface area contributed by atoms with E-state index in [2.05, 4.69) is 41.6 Å². The third-order valence-electron chi connectivity index (χ3n) is 2.32. The second-order valence-corrected chi connectivity index (χ2v) is 7.60. The molecule has 1 aromatic heterocycles. The van der Waals surface area contributed by atoms with Crippen LogP contribution >= 0.6 is 43.5 Å². The van der Waals surface area contributed by atoms with Crippen LogP contribution in [0, 0.1) is 0 Å². The van der Waals surface area contributed by atoms with E-state index in [0.29, 0.717) is 10.2 Å².